The van der Waals surface area contributed by atoms with Gasteiger partial charge in [-0.25, -0.2) is 9.18 Å². The summed E-state index contributed by atoms with van der Waals surface area (Å²) >= 11 is 1.13. The van der Waals surface area contributed by atoms with Crippen LogP contribution in [-0.4, -0.2) is 11.1 Å². The van der Waals surface area contributed by atoms with Crippen LogP contribution in [0.5, 0.6) is 0 Å². The molecule has 4 heteroatoms. The lowest BCUT2D eigenvalue weighted by Crippen LogP contribution is -1.96. The molecule has 0 bridgehead atoms. The van der Waals surface area contributed by atoms with Crippen LogP contribution in [-0.2, 0) is 0 Å². The molecule has 0 atom stereocenters. The Morgan fingerprint density at radius 2 is 2.21 bits per heavy atom. The maximum absolute atomic E-state index is 13.3. The van der Waals surface area contributed by atoms with Crippen LogP contribution < -0.4 is 0 Å². The molecule has 2 aromatic rings. The third-order valence-electron chi connectivity index (χ3n) is 2.12. The van der Waals surface area contributed by atoms with Crippen LogP contribution in [0.2, 0.25) is 0 Å². The van der Waals surface area contributed by atoms with Gasteiger partial charge in [0.05, 0.1) is 10.3 Å². The predicted molar refractivity (Wildman–Crippen MR) is 53.5 cm³/mol. The highest BCUT2D eigenvalue weighted by Crippen LogP contribution is 2.30. The lowest BCUT2D eigenvalue weighted by molar-refractivity contribution is 0.0699. The SMILES string of the molecule is Cc1ccc(C(=O)O)c2scc(F)c12. The average molecular weight is 210 g/mol. The third kappa shape index (κ3) is 1.19. The maximum atomic E-state index is 13.3. The molecule has 0 unspecified atom stereocenters. The van der Waals surface area contributed by atoms with Gasteiger partial charge >= 0.3 is 5.97 Å². The number of hydrogen-bond acceptors (Lipinski definition) is 2. The van der Waals surface area contributed by atoms with E-state index in [0.29, 0.717) is 10.1 Å². The smallest absolute Gasteiger partial charge is 0.337 e. The summed E-state index contributed by atoms with van der Waals surface area (Å²) < 4.78 is 13.8. The van der Waals surface area contributed by atoms with Crippen molar-refractivity contribution in [1.29, 1.82) is 0 Å². The lowest BCUT2D eigenvalue weighted by atomic mass is 10.1. The van der Waals surface area contributed by atoms with Gasteiger partial charge in [0, 0.05) is 10.8 Å². The Kier molecular flexibility index (Phi) is 2.00. The number of carboxylic acid groups (broad SMARTS) is 1. The number of halogens is 1. The van der Waals surface area contributed by atoms with Crippen LogP contribution in [0.25, 0.3) is 10.1 Å². The van der Waals surface area contributed by atoms with Gasteiger partial charge in [-0.3, -0.25) is 0 Å². The van der Waals surface area contributed by atoms with E-state index in [4.69, 9.17) is 5.11 Å². The van der Waals surface area contributed by atoms with Gasteiger partial charge in [0.25, 0.3) is 0 Å². The van der Waals surface area contributed by atoms with Crippen molar-refractivity contribution in [2.45, 2.75) is 6.92 Å². The van der Waals surface area contributed by atoms with E-state index in [1.165, 1.54) is 11.4 Å². The number of carbonyl (C=O) groups is 1. The van der Waals surface area contributed by atoms with E-state index in [0.717, 1.165) is 16.9 Å². The van der Waals surface area contributed by atoms with E-state index in [1.54, 1.807) is 13.0 Å². The third-order valence-corrected chi connectivity index (χ3v) is 3.10. The molecule has 14 heavy (non-hydrogen) atoms. The van der Waals surface area contributed by atoms with Crippen molar-refractivity contribution in [3.8, 4) is 0 Å². The predicted octanol–water partition coefficient (Wildman–Crippen LogP) is 3.05. The fourth-order valence-corrected chi connectivity index (χ4v) is 2.44. The Balaban J connectivity index is 2.90. The van der Waals surface area contributed by atoms with Gasteiger partial charge in [-0.05, 0) is 18.6 Å². The Bertz CT molecular complexity index is 516. The first kappa shape index (κ1) is 9.15. The Morgan fingerprint density at radius 1 is 1.50 bits per heavy atom. The largest absolute Gasteiger partial charge is 0.478 e. The highest BCUT2D eigenvalue weighted by atomic mass is 32.1. The molecule has 0 saturated carbocycles. The van der Waals surface area contributed by atoms with E-state index in [-0.39, 0.29) is 11.4 Å². The topological polar surface area (TPSA) is 37.3 Å². The Morgan fingerprint density at radius 3 is 2.86 bits per heavy atom. The minimum absolute atomic E-state index is 0.166. The second-order valence-corrected chi connectivity index (χ2v) is 3.90. The molecule has 0 spiro atoms. The number of carboxylic acids is 1. The first-order valence-corrected chi connectivity index (χ1v) is 4.89. The van der Waals surface area contributed by atoms with Crippen molar-refractivity contribution < 1.29 is 14.3 Å². The van der Waals surface area contributed by atoms with E-state index in [1.807, 2.05) is 0 Å². The van der Waals surface area contributed by atoms with Crippen molar-refractivity contribution in [1.82, 2.24) is 0 Å². The van der Waals surface area contributed by atoms with Crippen LogP contribution in [0.1, 0.15) is 15.9 Å². The van der Waals surface area contributed by atoms with Crippen LogP contribution in [0, 0.1) is 12.7 Å². The highest BCUT2D eigenvalue weighted by molar-refractivity contribution is 7.17. The molecule has 72 valence electrons. The van der Waals surface area contributed by atoms with Gasteiger partial charge in [-0.1, -0.05) is 6.07 Å². The molecule has 0 aliphatic heterocycles. The zero-order chi connectivity index (χ0) is 10.3. The molecule has 0 aliphatic rings. The minimum Gasteiger partial charge on any atom is -0.478 e. The van der Waals surface area contributed by atoms with Crippen LogP contribution in [0.15, 0.2) is 17.5 Å². The summed E-state index contributed by atoms with van der Waals surface area (Å²) in [5.41, 5.74) is 0.934. The molecule has 0 fully saturated rings. The number of benzene rings is 1. The van der Waals surface area contributed by atoms with Gasteiger partial charge in [0.2, 0.25) is 0 Å². The maximum Gasteiger partial charge on any atom is 0.337 e. The highest BCUT2D eigenvalue weighted by Gasteiger charge is 2.14. The first-order valence-electron chi connectivity index (χ1n) is 4.01. The van der Waals surface area contributed by atoms with E-state index < -0.39 is 5.97 Å². The normalized spacial score (nSPS) is 10.7. The van der Waals surface area contributed by atoms with Crippen molar-refractivity contribution in [2.75, 3.05) is 0 Å². The van der Waals surface area contributed by atoms with Crippen molar-refractivity contribution in [3.05, 3.63) is 34.5 Å². The molecule has 1 N–H and O–H groups in total. The standard InChI is InChI=1S/C10H7FO2S/c1-5-2-3-6(10(12)13)9-8(5)7(11)4-14-9/h2-4H,1H3,(H,12,13). The molecular weight excluding hydrogens is 203 g/mol. The number of aryl methyl sites for hydroxylation is 1. The molecule has 2 rings (SSSR count). The lowest BCUT2D eigenvalue weighted by Gasteiger charge is -1.99. The minimum atomic E-state index is -1.02. The van der Waals surface area contributed by atoms with E-state index >= 15 is 0 Å². The second kappa shape index (κ2) is 3.06. The van der Waals surface area contributed by atoms with E-state index in [9.17, 15) is 9.18 Å². The summed E-state index contributed by atoms with van der Waals surface area (Å²) in [6.07, 6.45) is 0. The molecule has 0 amide bonds. The molecular formula is C10H7FO2S. The molecule has 0 saturated heterocycles. The summed E-state index contributed by atoms with van der Waals surface area (Å²) in [6.45, 7) is 1.77. The van der Waals surface area contributed by atoms with Crippen molar-refractivity contribution in [3.63, 3.8) is 0 Å². The summed E-state index contributed by atoms with van der Waals surface area (Å²) in [7, 11) is 0. The van der Waals surface area contributed by atoms with Crippen LogP contribution in [0.3, 0.4) is 0 Å². The number of fused-ring (bicyclic) bond motifs is 1. The van der Waals surface area contributed by atoms with Gasteiger partial charge in [-0.15, -0.1) is 11.3 Å². The van der Waals surface area contributed by atoms with Crippen molar-refractivity contribution >= 4 is 27.4 Å². The van der Waals surface area contributed by atoms with Gasteiger partial charge in [0.1, 0.15) is 5.82 Å². The summed E-state index contributed by atoms with van der Waals surface area (Å²) in [5, 5.41) is 10.6. The van der Waals surface area contributed by atoms with Gasteiger partial charge < -0.3 is 5.11 Å². The van der Waals surface area contributed by atoms with E-state index in [2.05, 4.69) is 0 Å². The monoisotopic (exact) mass is 210 g/mol. The van der Waals surface area contributed by atoms with Gasteiger partial charge in [-0.2, -0.15) is 0 Å². The van der Waals surface area contributed by atoms with Gasteiger partial charge in [0.15, 0.2) is 0 Å². The zero-order valence-electron chi connectivity index (χ0n) is 7.37. The Hall–Kier alpha value is -1.42. The number of hydrogen-bond donors (Lipinski definition) is 1. The molecule has 0 aliphatic carbocycles. The molecule has 1 aromatic carbocycles. The fraction of sp³-hybridized carbons (Fsp3) is 0.100. The Labute approximate surface area is 83.6 Å². The number of thiophene rings is 1. The fourth-order valence-electron chi connectivity index (χ4n) is 1.44. The second-order valence-electron chi connectivity index (χ2n) is 3.02. The quantitative estimate of drug-likeness (QED) is 0.785. The number of rotatable bonds is 1. The van der Waals surface area contributed by atoms with Crippen molar-refractivity contribution in [2.24, 2.45) is 0 Å². The first-order chi connectivity index (χ1) is 6.61. The number of aromatic carboxylic acids is 1. The molecule has 1 heterocycles. The summed E-state index contributed by atoms with van der Waals surface area (Å²) in [4.78, 5) is 10.8. The summed E-state index contributed by atoms with van der Waals surface area (Å²) in [6, 6.07) is 3.14. The molecule has 1 aromatic heterocycles. The zero-order valence-corrected chi connectivity index (χ0v) is 8.19. The summed E-state index contributed by atoms with van der Waals surface area (Å²) in [5.74, 6) is -1.36. The van der Waals surface area contributed by atoms with Crippen LogP contribution >= 0.6 is 11.3 Å². The molecule has 0 radical (unpaired) electrons. The molecule has 2 nitrogen and oxygen atoms in total. The average Bonchev–Trinajstić information content (AvgIpc) is 2.49. The van der Waals surface area contributed by atoms with Crippen LogP contribution in [0.4, 0.5) is 4.39 Å².